The van der Waals surface area contributed by atoms with Crippen LogP contribution >= 0.6 is 0 Å². The molecular formula is C29H38FN7O2. The number of hydrogen-bond donors (Lipinski definition) is 3. The van der Waals surface area contributed by atoms with Gasteiger partial charge >= 0.3 is 6.09 Å². The van der Waals surface area contributed by atoms with Gasteiger partial charge in [-0.05, 0) is 71.2 Å². The number of aromatic nitrogens is 2. The number of ether oxygens (including phenoxy) is 1. The molecule has 10 heteroatoms. The first-order valence-electron chi connectivity index (χ1n) is 13.2. The minimum atomic E-state index is -0.520. The number of carbonyl (C=O) groups is 1. The van der Waals surface area contributed by atoms with Crippen molar-refractivity contribution >= 4 is 23.5 Å². The number of benzene rings is 1. The Morgan fingerprint density at radius 1 is 1.28 bits per heavy atom. The Morgan fingerprint density at radius 2 is 2.00 bits per heavy atom. The lowest BCUT2D eigenvalue weighted by Gasteiger charge is -2.35. The maximum atomic E-state index is 12.7. The van der Waals surface area contributed by atoms with Crippen molar-refractivity contribution in [1.29, 1.82) is 5.26 Å². The lowest BCUT2D eigenvalue weighted by Crippen LogP contribution is -2.48. The minimum Gasteiger partial charge on any atom is -0.444 e. The molecule has 39 heavy (non-hydrogen) atoms. The van der Waals surface area contributed by atoms with Crippen molar-refractivity contribution in [2.24, 2.45) is 5.92 Å². The first-order valence-corrected chi connectivity index (χ1v) is 13.2. The van der Waals surface area contributed by atoms with Crippen molar-refractivity contribution < 1.29 is 13.9 Å². The number of carbonyl (C=O) groups excluding carboxylic acids is 1. The first kappa shape index (κ1) is 29.7. The molecule has 1 fully saturated rings. The van der Waals surface area contributed by atoms with Gasteiger partial charge in [-0.3, -0.25) is 4.39 Å². The number of nitrogens with zero attached hydrogens (tertiary/aromatic N) is 4. The predicted molar refractivity (Wildman–Crippen MR) is 150 cm³/mol. The third-order valence-electron chi connectivity index (χ3n) is 6.26. The summed E-state index contributed by atoms with van der Waals surface area (Å²) in [7, 11) is 1.75. The summed E-state index contributed by atoms with van der Waals surface area (Å²) in [5.74, 6) is 7.69. The van der Waals surface area contributed by atoms with Gasteiger partial charge in [0.05, 0.1) is 30.1 Å². The summed E-state index contributed by atoms with van der Waals surface area (Å²) in [6.07, 6.45) is 3.53. The molecule has 3 rings (SSSR count). The van der Waals surface area contributed by atoms with Crippen molar-refractivity contribution in [3.05, 3.63) is 41.6 Å². The van der Waals surface area contributed by atoms with Crippen LogP contribution in [0.4, 0.5) is 26.6 Å². The van der Waals surface area contributed by atoms with Crippen molar-refractivity contribution in [2.45, 2.75) is 64.6 Å². The molecular weight excluding hydrogens is 497 g/mol. The van der Waals surface area contributed by atoms with E-state index in [9.17, 15) is 9.18 Å². The standard InChI is InChI=1S/C29H38FN7O2/c1-20(37(5)28(38)39-29(2,3)4)18-33-25-15-22(16-25)7-10-23-19-34-27(36-26(23)32-14-6-13-30)35-24-11-8-21(17-31)9-12-24/h8-9,11-12,19-20,22,25,33H,6,13-16,18H2,1-5H3,(H2,32,34,35,36)/t20-,22?,25?/m0/s1. The third kappa shape index (κ3) is 9.42. The quantitative estimate of drug-likeness (QED) is 0.293. The van der Waals surface area contributed by atoms with Gasteiger partial charge in [-0.25, -0.2) is 9.78 Å². The van der Waals surface area contributed by atoms with E-state index in [1.54, 1.807) is 42.4 Å². The van der Waals surface area contributed by atoms with Crippen LogP contribution in [0.1, 0.15) is 58.1 Å². The van der Waals surface area contributed by atoms with E-state index < -0.39 is 12.3 Å². The van der Waals surface area contributed by atoms with Gasteiger partial charge in [0.1, 0.15) is 11.4 Å². The van der Waals surface area contributed by atoms with E-state index >= 15 is 0 Å². The fourth-order valence-corrected chi connectivity index (χ4v) is 3.77. The molecule has 0 saturated heterocycles. The lowest BCUT2D eigenvalue weighted by molar-refractivity contribution is 0.0231. The zero-order chi connectivity index (χ0) is 28.4. The lowest BCUT2D eigenvalue weighted by atomic mass is 9.80. The Balaban J connectivity index is 1.54. The molecule has 0 radical (unpaired) electrons. The van der Waals surface area contributed by atoms with Crippen LogP contribution in [0.25, 0.3) is 0 Å². The second kappa shape index (κ2) is 13.8. The van der Waals surface area contributed by atoms with E-state index in [1.807, 2.05) is 27.7 Å². The van der Waals surface area contributed by atoms with Gasteiger partial charge in [-0.2, -0.15) is 10.2 Å². The molecule has 0 unspecified atom stereocenters. The SMILES string of the molecule is C[C@@H](CNC1CC(C#Cc2cnc(Nc3ccc(C#N)cc3)nc2NCCCF)C1)N(C)C(=O)OC(C)(C)C. The van der Waals surface area contributed by atoms with E-state index in [1.165, 1.54) is 0 Å². The number of halogens is 1. The van der Waals surface area contributed by atoms with E-state index in [2.05, 4.69) is 43.8 Å². The highest BCUT2D eigenvalue weighted by Gasteiger charge is 2.29. The molecule has 1 saturated carbocycles. The Kier molecular flexibility index (Phi) is 10.5. The van der Waals surface area contributed by atoms with Crippen LogP contribution in [-0.2, 0) is 4.74 Å². The Morgan fingerprint density at radius 3 is 2.64 bits per heavy atom. The van der Waals surface area contributed by atoms with E-state index in [0.717, 1.165) is 18.5 Å². The minimum absolute atomic E-state index is 0.00325. The second-order valence-electron chi connectivity index (χ2n) is 10.7. The summed E-state index contributed by atoms with van der Waals surface area (Å²) in [5, 5.41) is 18.8. The van der Waals surface area contributed by atoms with Gasteiger partial charge in [0.25, 0.3) is 0 Å². The molecule has 1 heterocycles. The molecule has 2 aromatic rings. The van der Waals surface area contributed by atoms with Crippen molar-refractivity contribution in [3.8, 4) is 17.9 Å². The molecule has 1 amide bonds. The predicted octanol–water partition coefficient (Wildman–Crippen LogP) is 4.84. The van der Waals surface area contributed by atoms with E-state index in [0.29, 0.717) is 48.4 Å². The average molecular weight is 536 g/mol. The van der Waals surface area contributed by atoms with Crippen molar-refractivity contribution in [2.75, 3.05) is 37.4 Å². The molecule has 3 N–H and O–H groups in total. The van der Waals surface area contributed by atoms with E-state index in [4.69, 9.17) is 10.00 Å². The number of rotatable bonds is 10. The second-order valence-corrected chi connectivity index (χ2v) is 10.7. The number of anilines is 3. The number of hydrogen-bond acceptors (Lipinski definition) is 8. The van der Waals surface area contributed by atoms with Gasteiger partial charge < -0.3 is 25.6 Å². The van der Waals surface area contributed by atoms with Gasteiger partial charge in [-0.1, -0.05) is 11.8 Å². The number of alkyl halides is 1. The molecule has 0 aliphatic heterocycles. The monoisotopic (exact) mass is 535 g/mol. The van der Waals surface area contributed by atoms with Crippen molar-refractivity contribution in [1.82, 2.24) is 20.2 Å². The van der Waals surface area contributed by atoms with Crippen LogP contribution in [0.15, 0.2) is 30.5 Å². The normalized spacial score (nSPS) is 17.1. The maximum absolute atomic E-state index is 12.7. The fraction of sp³-hybridized carbons (Fsp3) is 0.517. The molecule has 1 aliphatic rings. The Bertz CT molecular complexity index is 1210. The molecule has 208 valence electrons. The molecule has 9 nitrogen and oxygen atoms in total. The summed E-state index contributed by atoms with van der Waals surface area (Å²) < 4.78 is 18.1. The van der Waals surface area contributed by atoms with Gasteiger partial charge in [-0.15, -0.1) is 0 Å². The van der Waals surface area contributed by atoms with Crippen LogP contribution in [0.2, 0.25) is 0 Å². The van der Waals surface area contributed by atoms with Crippen LogP contribution in [0.5, 0.6) is 0 Å². The molecule has 0 bridgehead atoms. The highest BCUT2D eigenvalue weighted by Crippen LogP contribution is 2.27. The van der Waals surface area contributed by atoms with Crippen LogP contribution in [-0.4, -0.2) is 65.5 Å². The van der Waals surface area contributed by atoms with Crippen LogP contribution < -0.4 is 16.0 Å². The maximum Gasteiger partial charge on any atom is 0.410 e. The zero-order valence-corrected chi connectivity index (χ0v) is 23.3. The van der Waals surface area contributed by atoms with Crippen LogP contribution in [0.3, 0.4) is 0 Å². The topological polar surface area (TPSA) is 115 Å². The summed E-state index contributed by atoms with van der Waals surface area (Å²) >= 11 is 0. The van der Waals surface area contributed by atoms with E-state index in [-0.39, 0.29) is 18.1 Å². The van der Waals surface area contributed by atoms with Gasteiger partial charge in [0.15, 0.2) is 0 Å². The average Bonchev–Trinajstić information content (AvgIpc) is 2.87. The smallest absolute Gasteiger partial charge is 0.410 e. The Labute approximate surface area is 230 Å². The number of likely N-dealkylation sites (N-methyl/N-ethyl adjacent to an activating group) is 1. The summed E-state index contributed by atoms with van der Waals surface area (Å²) in [6.45, 7) is 8.25. The first-order chi connectivity index (χ1) is 18.6. The fourth-order valence-electron chi connectivity index (χ4n) is 3.77. The number of nitriles is 1. The molecule has 1 aromatic carbocycles. The Hall–Kier alpha value is -3.89. The molecule has 0 spiro atoms. The summed E-state index contributed by atoms with van der Waals surface area (Å²) in [4.78, 5) is 22.8. The summed E-state index contributed by atoms with van der Waals surface area (Å²) in [6, 6.07) is 9.41. The molecule has 1 atom stereocenters. The number of nitrogens with one attached hydrogen (secondary N) is 3. The highest BCUT2D eigenvalue weighted by molar-refractivity contribution is 5.68. The van der Waals surface area contributed by atoms with Gasteiger partial charge in [0.2, 0.25) is 5.95 Å². The van der Waals surface area contributed by atoms with Crippen molar-refractivity contribution in [3.63, 3.8) is 0 Å². The third-order valence-corrected chi connectivity index (χ3v) is 6.26. The molecule has 1 aliphatic carbocycles. The molecule has 1 aromatic heterocycles. The highest BCUT2D eigenvalue weighted by atomic mass is 19.1. The zero-order valence-electron chi connectivity index (χ0n) is 23.3. The van der Waals surface area contributed by atoms with Gasteiger partial charge in [0, 0.05) is 43.8 Å². The summed E-state index contributed by atoms with van der Waals surface area (Å²) in [5.41, 5.74) is 1.45. The van der Waals surface area contributed by atoms with Crippen LogP contribution in [0, 0.1) is 29.1 Å². The largest absolute Gasteiger partial charge is 0.444 e. The number of amides is 1.